The normalized spacial score (nSPS) is 34.0. The lowest BCUT2D eigenvalue weighted by atomic mass is 9.90. The van der Waals surface area contributed by atoms with Crippen LogP contribution in [0.2, 0.25) is 0 Å². The monoisotopic (exact) mass is 169 g/mol. The molecule has 1 spiro atoms. The number of hydrogen-bond acceptors (Lipinski definition) is 2. The van der Waals surface area contributed by atoms with Crippen molar-refractivity contribution in [3.63, 3.8) is 0 Å². The van der Waals surface area contributed by atoms with Crippen molar-refractivity contribution in [3.05, 3.63) is 0 Å². The zero-order valence-corrected chi connectivity index (χ0v) is 7.92. The number of β-amino-alcohol motifs (C(OH)–C–C–N with tert-alkyl or cyclic N) is 1. The first kappa shape index (κ1) is 8.52. The molecule has 1 atom stereocenters. The molecule has 1 N–H and O–H groups in total. The summed E-state index contributed by atoms with van der Waals surface area (Å²) in [7, 11) is 0. The summed E-state index contributed by atoms with van der Waals surface area (Å²) in [4.78, 5) is 2.51. The highest BCUT2D eigenvalue weighted by molar-refractivity contribution is 5.06. The SMILES string of the molecule is CC1CCN(CCO)C2(CC2)C1. The molecule has 1 saturated heterocycles. The second-order valence-corrected chi connectivity index (χ2v) is 4.53. The Morgan fingerprint density at radius 3 is 2.83 bits per heavy atom. The molecular weight excluding hydrogens is 150 g/mol. The average Bonchev–Trinajstić information content (AvgIpc) is 2.77. The average molecular weight is 169 g/mol. The fourth-order valence-corrected chi connectivity index (χ4v) is 2.63. The highest BCUT2D eigenvalue weighted by Crippen LogP contribution is 2.49. The van der Waals surface area contributed by atoms with Gasteiger partial charge in [-0.3, -0.25) is 4.90 Å². The molecule has 2 aliphatic rings. The molecule has 2 rings (SSSR count). The second kappa shape index (κ2) is 3.00. The summed E-state index contributed by atoms with van der Waals surface area (Å²) >= 11 is 0. The third-order valence-corrected chi connectivity index (χ3v) is 3.49. The van der Waals surface area contributed by atoms with Crippen LogP contribution in [0.25, 0.3) is 0 Å². The van der Waals surface area contributed by atoms with Gasteiger partial charge >= 0.3 is 0 Å². The Kier molecular flexibility index (Phi) is 2.13. The van der Waals surface area contributed by atoms with Crippen molar-refractivity contribution >= 4 is 0 Å². The molecule has 70 valence electrons. The molecule has 1 heterocycles. The molecule has 2 fully saturated rings. The Morgan fingerprint density at radius 2 is 2.25 bits per heavy atom. The van der Waals surface area contributed by atoms with Crippen LogP contribution in [0.5, 0.6) is 0 Å². The van der Waals surface area contributed by atoms with E-state index in [0.717, 1.165) is 12.5 Å². The van der Waals surface area contributed by atoms with E-state index in [1.807, 2.05) is 0 Å². The van der Waals surface area contributed by atoms with Gasteiger partial charge in [-0.05, 0) is 38.1 Å². The van der Waals surface area contributed by atoms with E-state index in [-0.39, 0.29) is 0 Å². The first-order valence-electron chi connectivity index (χ1n) is 5.13. The molecule has 0 bridgehead atoms. The lowest BCUT2D eigenvalue weighted by Gasteiger charge is -2.38. The van der Waals surface area contributed by atoms with Gasteiger partial charge in [0.05, 0.1) is 6.61 Å². The Bertz CT molecular complexity index is 165. The van der Waals surface area contributed by atoms with Gasteiger partial charge in [0.25, 0.3) is 0 Å². The lowest BCUT2D eigenvalue weighted by molar-refractivity contribution is 0.0786. The Hall–Kier alpha value is -0.0800. The summed E-state index contributed by atoms with van der Waals surface area (Å²) in [5, 5.41) is 8.90. The second-order valence-electron chi connectivity index (χ2n) is 4.53. The quantitative estimate of drug-likeness (QED) is 0.672. The van der Waals surface area contributed by atoms with E-state index in [4.69, 9.17) is 5.11 Å². The van der Waals surface area contributed by atoms with Gasteiger partial charge in [-0.25, -0.2) is 0 Å². The predicted octanol–water partition coefficient (Wildman–Crippen LogP) is 1.24. The van der Waals surface area contributed by atoms with Crippen molar-refractivity contribution in [3.8, 4) is 0 Å². The first-order valence-corrected chi connectivity index (χ1v) is 5.13. The van der Waals surface area contributed by atoms with Crippen molar-refractivity contribution in [1.82, 2.24) is 4.90 Å². The molecule has 2 nitrogen and oxygen atoms in total. The predicted molar refractivity (Wildman–Crippen MR) is 49.0 cm³/mol. The number of nitrogens with zero attached hydrogens (tertiary/aromatic N) is 1. The highest BCUT2D eigenvalue weighted by atomic mass is 16.3. The van der Waals surface area contributed by atoms with E-state index in [1.54, 1.807) is 0 Å². The third-order valence-electron chi connectivity index (χ3n) is 3.49. The van der Waals surface area contributed by atoms with Crippen LogP contribution in [0.3, 0.4) is 0 Å². The van der Waals surface area contributed by atoms with Crippen LogP contribution in [0.4, 0.5) is 0 Å². The maximum absolute atomic E-state index is 8.90. The number of piperidine rings is 1. The standard InChI is InChI=1S/C10H19NO/c1-9-2-5-11(6-7-12)10(8-9)3-4-10/h9,12H,2-8H2,1H3. The molecule has 2 heteroatoms. The van der Waals surface area contributed by atoms with Crippen LogP contribution in [0.15, 0.2) is 0 Å². The minimum atomic E-state index is 0.329. The summed E-state index contributed by atoms with van der Waals surface area (Å²) in [6, 6.07) is 0. The minimum Gasteiger partial charge on any atom is -0.395 e. The van der Waals surface area contributed by atoms with Gasteiger partial charge < -0.3 is 5.11 Å². The highest BCUT2D eigenvalue weighted by Gasteiger charge is 2.49. The van der Waals surface area contributed by atoms with Gasteiger partial charge in [0, 0.05) is 12.1 Å². The van der Waals surface area contributed by atoms with Gasteiger partial charge in [0.15, 0.2) is 0 Å². The summed E-state index contributed by atoms with van der Waals surface area (Å²) in [5.41, 5.74) is 0.542. The van der Waals surface area contributed by atoms with Crippen molar-refractivity contribution in [1.29, 1.82) is 0 Å². The Labute approximate surface area is 74.6 Å². The van der Waals surface area contributed by atoms with Crippen LogP contribution in [-0.2, 0) is 0 Å². The van der Waals surface area contributed by atoms with E-state index < -0.39 is 0 Å². The van der Waals surface area contributed by atoms with Gasteiger partial charge in [0.2, 0.25) is 0 Å². The molecule has 0 radical (unpaired) electrons. The smallest absolute Gasteiger partial charge is 0.0558 e. The maximum Gasteiger partial charge on any atom is 0.0558 e. The van der Waals surface area contributed by atoms with Crippen LogP contribution in [0.1, 0.15) is 32.6 Å². The molecule has 1 aliphatic carbocycles. The zero-order valence-electron chi connectivity index (χ0n) is 7.92. The Morgan fingerprint density at radius 1 is 1.50 bits per heavy atom. The lowest BCUT2D eigenvalue weighted by Crippen LogP contribution is -2.45. The van der Waals surface area contributed by atoms with Crippen molar-refractivity contribution < 1.29 is 5.11 Å². The molecule has 1 unspecified atom stereocenters. The molecule has 0 aromatic heterocycles. The van der Waals surface area contributed by atoms with Gasteiger partial charge in [-0.1, -0.05) is 6.92 Å². The maximum atomic E-state index is 8.90. The number of likely N-dealkylation sites (tertiary alicyclic amines) is 1. The zero-order chi connectivity index (χ0) is 8.60. The van der Waals surface area contributed by atoms with Crippen molar-refractivity contribution in [2.45, 2.75) is 38.1 Å². The molecule has 0 aromatic carbocycles. The Balaban J connectivity index is 1.96. The van der Waals surface area contributed by atoms with Gasteiger partial charge in [-0.15, -0.1) is 0 Å². The van der Waals surface area contributed by atoms with Gasteiger partial charge in [-0.2, -0.15) is 0 Å². The van der Waals surface area contributed by atoms with Crippen molar-refractivity contribution in [2.24, 2.45) is 5.92 Å². The third kappa shape index (κ3) is 1.38. The molecule has 0 amide bonds. The summed E-state index contributed by atoms with van der Waals surface area (Å²) in [6.07, 6.45) is 5.43. The van der Waals surface area contributed by atoms with E-state index in [1.165, 1.54) is 32.2 Å². The number of aliphatic hydroxyl groups is 1. The largest absolute Gasteiger partial charge is 0.395 e. The van der Waals surface area contributed by atoms with E-state index >= 15 is 0 Å². The van der Waals surface area contributed by atoms with E-state index in [0.29, 0.717) is 12.1 Å². The van der Waals surface area contributed by atoms with Crippen LogP contribution in [-0.4, -0.2) is 35.2 Å². The molecule has 0 aromatic rings. The number of rotatable bonds is 2. The summed E-state index contributed by atoms with van der Waals surface area (Å²) in [6.45, 7) is 4.79. The molecule has 12 heavy (non-hydrogen) atoms. The summed E-state index contributed by atoms with van der Waals surface area (Å²) < 4.78 is 0. The first-order chi connectivity index (χ1) is 5.77. The molecule has 1 aliphatic heterocycles. The minimum absolute atomic E-state index is 0.329. The number of hydrogen-bond donors (Lipinski definition) is 1. The fraction of sp³-hybridized carbons (Fsp3) is 1.00. The summed E-state index contributed by atoms with van der Waals surface area (Å²) in [5.74, 6) is 0.905. The van der Waals surface area contributed by atoms with Crippen LogP contribution in [0, 0.1) is 5.92 Å². The van der Waals surface area contributed by atoms with Gasteiger partial charge in [0.1, 0.15) is 0 Å². The molecular formula is C10H19NO. The van der Waals surface area contributed by atoms with E-state index in [9.17, 15) is 0 Å². The number of aliphatic hydroxyl groups excluding tert-OH is 1. The molecule has 1 saturated carbocycles. The topological polar surface area (TPSA) is 23.5 Å². The van der Waals surface area contributed by atoms with Crippen molar-refractivity contribution in [2.75, 3.05) is 19.7 Å². The van der Waals surface area contributed by atoms with E-state index in [2.05, 4.69) is 11.8 Å². The van der Waals surface area contributed by atoms with Crippen LogP contribution >= 0.6 is 0 Å². The van der Waals surface area contributed by atoms with Crippen LogP contribution < -0.4 is 0 Å². The fourth-order valence-electron chi connectivity index (χ4n) is 2.63.